The fraction of sp³-hybridized carbons (Fsp3) is 0.222. The van der Waals surface area contributed by atoms with Crippen LogP contribution in [0.25, 0.3) is 10.9 Å². The van der Waals surface area contributed by atoms with Gasteiger partial charge in [0.2, 0.25) is 0 Å². The number of H-pyrrole nitrogens is 1. The second-order valence-electron chi connectivity index (χ2n) is 2.74. The number of ether oxygens (including phenoxy) is 1. The van der Waals surface area contributed by atoms with Crippen molar-refractivity contribution in [2.24, 2.45) is 0 Å². The summed E-state index contributed by atoms with van der Waals surface area (Å²) < 4.78 is 7.21. The summed E-state index contributed by atoms with van der Waals surface area (Å²) in [6.07, 6.45) is 0. The molecule has 0 saturated carbocycles. The molecule has 0 amide bonds. The van der Waals surface area contributed by atoms with E-state index in [4.69, 9.17) is 4.74 Å². The Hall–Kier alpha value is -0.550. The topological polar surface area (TPSA) is 37.9 Å². The molecule has 1 heterocycles. The third-order valence-electron chi connectivity index (χ3n) is 1.88. The van der Waals surface area contributed by atoms with Crippen LogP contribution in [0, 0.1) is 0 Å². The van der Waals surface area contributed by atoms with E-state index in [1.807, 2.05) is 19.1 Å². The Balaban J connectivity index is 2.63. The van der Waals surface area contributed by atoms with Crippen molar-refractivity contribution in [1.29, 1.82) is 0 Å². The molecular weight excluding hydrogens is 312 g/mol. The number of rotatable bonds is 2. The van der Waals surface area contributed by atoms with Crippen LogP contribution in [0.5, 0.6) is 5.75 Å². The number of aromatic nitrogens is 2. The summed E-state index contributed by atoms with van der Waals surface area (Å²) in [6, 6.07) is 3.90. The summed E-state index contributed by atoms with van der Waals surface area (Å²) in [5.74, 6) is 0.819. The van der Waals surface area contributed by atoms with Gasteiger partial charge in [-0.05, 0) is 50.9 Å². The Morgan fingerprint density at radius 2 is 2.21 bits per heavy atom. The molecule has 1 aromatic carbocycles. The van der Waals surface area contributed by atoms with Gasteiger partial charge in [-0.15, -0.1) is 0 Å². The molecule has 2 rings (SSSR count). The molecule has 2 aromatic rings. The van der Waals surface area contributed by atoms with Gasteiger partial charge in [0.25, 0.3) is 0 Å². The highest BCUT2D eigenvalue weighted by Crippen LogP contribution is 2.34. The van der Waals surface area contributed by atoms with Gasteiger partial charge < -0.3 is 4.74 Å². The number of hydrogen-bond acceptors (Lipinski definition) is 2. The molecule has 0 aliphatic rings. The van der Waals surface area contributed by atoms with E-state index in [-0.39, 0.29) is 0 Å². The number of benzene rings is 1. The van der Waals surface area contributed by atoms with Crippen LogP contribution in [-0.4, -0.2) is 16.8 Å². The molecular formula is C9H8Br2N2O. The first-order chi connectivity index (χ1) is 6.74. The zero-order valence-corrected chi connectivity index (χ0v) is 10.6. The summed E-state index contributed by atoms with van der Waals surface area (Å²) in [6.45, 7) is 2.60. The molecule has 5 heteroatoms. The molecule has 0 saturated heterocycles. The van der Waals surface area contributed by atoms with Gasteiger partial charge in [-0.1, -0.05) is 0 Å². The molecule has 1 N–H and O–H groups in total. The van der Waals surface area contributed by atoms with E-state index in [0.717, 1.165) is 25.7 Å². The van der Waals surface area contributed by atoms with Crippen molar-refractivity contribution < 1.29 is 4.74 Å². The van der Waals surface area contributed by atoms with Gasteiger partial charge in [-0.2, -0.15) is 5.10 Å². The maximum atomic E-state index is 5.44. The second kappa shape index (κ2) is 3.90. The molecule has 3 nitrogen and oxygen atoms in total. The Morgan fingerprint density at radius 1 is 1.43 bits per heavy atom. The van der Waals surface area contributed by atoms with Gasteiger partial charge in [0.15, 0.2) is 0 Å². The summed E-state index contributed by atoms with van der Waals surface area (Å²) in [4.78, 5) is 0. The van der Waals surface area contributed by atoms with Crippen molar-refractivity contribution in [2.75, 3.05) is 6.61 Å². The lowest BCUT2D eigenvalue weighted by Crippen LogP contribution is -1.92. The van der Waals surface area contributed by atoms with E-state index in [1.165, 1.54) is 0 Å². The summed E-state index contributed by atoms with van der Waals surface area (Å²) >= 11 is 6.85. The second-order valence-corrected chi connectivity index (χ2v) is 4.33. The van der Waals surface area contributed by atoms with E-state index < -0.39 is 0 Å². The van der Waals surface area contributed by atoms with E-state index in [1.54, 1.807) is 0 Å². The molecule has 0 radical (unpaired) electrons. The monoisotopic (exact) mass is 318 g/mol. The Kier molecular flexibility index (Phi) is 2.78. The molecule has 74 valence electrons. The highest BCUT2D eigenvalue weighted by Gasteiger charge is 2.10. The van der Waals surface area contributed by atoms with Crippen molar-refractivity contribution in [3.63, 3.8) is 0 Å². The van der Waals surface area contributed by atoms with Crippen molar-refractivity contribution in [1.82, 2.24) is 10.2 Å². The lowest BCUT2D eigenvalue weighted by Gasteiger charge is -2.04. The predicted molar refractivity (Wildman–Crippen MR) is 62.7 cm³/mol. The van der Waals surface area contributed by atoms with Crippen molar-refractivity contribution in [2.45, 2.75) is 6.92 Å². The number of nitrogens with zero attached hydrogens (tertiary/aromatic N) is 1. The summed E-state index contributed by atoms with van der Waals surface area (Å²) in [5, 5.41) is 8.07. The first kappa shape index (κ1) is 9.98. The molecule has 1 aromatic heterocycles. The zero-order chi connectivity index (χ0) is 10.1. The SMILES string of the molecule is CCOc1ccc2c(Br)[nH]nc2c1Br. The maximum Gasteiger partial charge on any atom is 0.135 e. The smallest absolute Gasteiger partial charge is 0.135 e. The van der Waals surface area contributed by atoms with Gasteiger partial charge >= 0.3 is 0 Å². The van der Waals surface area contributed by atoms with Crippen LogP contribution in [0.1, 0.15) is 6.92 Å². The molecule has 0 aliphatic heterocycles. The molecule has 0 aliphatic carbocycles. The molecule has 0 bridgehead atoms. The van der Waals surface area contributed by atoms with E-state index in [2.05, 4.69) is 42.1 Å². The van der Waals surface area contributed by atoms with Crippen LogP contribution in [0.4, 0.5) is 0 Å². The standard InChI is InChI=1S/C9H8Br2N2O/c1-2-14-6-4-3-5-8(7(6)10)12-13-9(5)11/h3-4H,2H2,1H3,(H,12,13). The normalized spacial score (nSPS) is 10.8. The first-order valence-corrected chi connectivity index (χ1v) is 5.77. The Labute approximate surface area is 98.1 Å². The van der Waals surface area contributed by atoms with Crippen molar-refractivity contribution in [3.05, 3.63) is 21.2 Å². The minimum absolute atomic E-state index is 0.649. The van der Waals surface area contributed by atoms with E-state index in [9.17, 15) is 0 Å². The average Bonchev–Trinajstić information content (AvgIpc) is 2.54. The van der Waals surface area contributed by atoms with Gasteiger partial charge in [-0.25, -0.2) is 0 Å². The highest BCUT2D eigenvalue weighted by molar-refractivity contribution is 9.11. The third kappa shape index (κ3) is 1.54. The first-order valence-electron chi connectivity index (χ1n) is 4.19. The quantitative estimate of drug-likeness (QED) is 0.920. The van der Waals surface area contributed by atoms with Gasteiger partial charge in [0.05, 0.1) is 11.1 Å². The summed E-state index contributed by atoms with van der Waals surface area (Å²) in [5.41, 5.74) is 0.878. The van der Waals surface area contributed by atoms with Gasteiger partial charge in [0.1, 0.15) is 15.9 Å². The van der Waals surface area contributed by atoms with Crippen molar-refractivity contribution in [3.8, 4) is 5.75 Å². The maximum absolute atomic E-state index is 5.44. The number of fused-ring (bicyclic) bond motifs is 1. The van der Waals surface area contributed by atoms with Crippen LogP contribution in [0.3, 0.4) is 0 Å². The van der Waals surface area contributed by atoms with Crippen LogP contribution in [0.2, 0.25) is 0 Å². The number of hydrogen-bond donors (Lipinski definition) is 1. The fourth-order valence-electron chi connectivity index (χ4n) is 1.26. The molecule has 0 fully saturated rings. The molecule has 0 spiro atoms. The third-order valence-corrected chi connectivity index (χ3v) is 3.25. The van der Waals surface area contributed by atoms with Crippen LogP contribution >= 0.6 is 31.9 Å². The average molecular weight is 320 g/mol. The van der Waals surface area contributed by atoms with E-state index in [0.29, 0.717) is 6.61 Å². The molecule has 0 atom stereocenters. The summed E-state index contributed by atoms with van der Waals surface area (Å²) in [7, 11) is 0. The predicted octanol–water partition coefficient (Wildman–Crippen LogP) is 3.49. The zero-order valence-electron chi connectivity index (χ0n) is 7.47. The van der Waals surface area contributed by atoms with Gasteiger partial charge in [-0.3, -0.25) is 5.10 Å². The molecule has 0 unspecified atom stereocenters. The van der Waals surface area contributed by atoms with Crippen LogP contribution in [-0.2, 0) is 0 Å². The fourth-order valence-corrected chi connectivity index (χ4v) is 2.22. The van der Waals surface area contributed by atoms with Crippen molar-refractivity contribution >= 4 is 42.8 Å². The minimum atomic E-state index is 0.649. The Bertz CT molecular complexity index is 467. The molecule has 14 heavy (non-hydrogen) atoms. The van der Waals surface area contributed by atoms with Crippen LogP contribution in [0.15, 0.2) is 21.2 Å². The van der Waals surface area contributed by atoms with E-state index >= 15 is 0 Å². The Morgan fingerprint density at radius 3 is 2.93 bits per heavy atom. The number of nitrogens with one attached hydrogen (secondary N) is 1. The lowest BCUT2D eigenvalue weighted by atomic mass is 10.2. The number of halogens is 2. The minimum Gasteiger partial charge on any atom is -0.493 e. The highest BCUT2D eigenvalue weighted by atomic mass is 79.9. The number of aromatic amines is 1. The van der Waals surface area contributed by atoms with Gasteiger partial charge in [0, 0.05) is 5.39 Å². The largest absolute Gasteiger partial charge is 0.493 e. The lowest BCUT2D eigenvalue weighted by molar-refractivity contribution is 0.338. The van der Waals surface area contributed by atoms with Crippen LogP contribution < -0.4 is 4.74 Å².